The van der Waals surface area contributed by atoms with Crippen LogP contribution in [0, 0.1) is 35.5 Å². The first kappa shape index (κ1) is 25.3. The molecule has 0 aromatic heterocycles. The summed E-state index contributed by atoms with van der Waals surface area (Å²) < 4.78 is 7.02. The normalized spacial score (nSPS) is 37.3. The van der Waals surface area contributed by atoms with E-state index in [0.29, 0.717) is 30.0 Å². The van der Waals surface area contributed by atoms with Crippen LogP contribution >= 0.6 is 0 Å². The van der Waals surface area contributed by atoms with E-state index in [4.69, 9.17) is 4.43 Å². The molecule has 0 N–H and O–H groups in total. The van der Waals surface area contributed by atoms with E-state index in [1.807, 2.05) is 0 Å². The molecular formula is C32H48O2Si. The second kappa shape index (κ2) is 8.33. The third kappa shape index (κ3) is 3.99. The number of hydrogen-bond acceptors (Lipinski definition) is 2. The molecule has 192 valence electrons. The lowest BCUT2D eigenvalue weighted by Gasteiger charge is -2.59. The largest absolute Gasteiger partial charge is 0.543 e. The van der Waals surface area contributed by atoms with Gasteiger partial charge in [-0.15, -0.1) is 0 Å². The SMILES string of the molecule is Cc1ccc(C2CC(=O)CC3=CC[C@H]4[C@@H]5CCC[C@@]5(C)CC[C@@H]4[C@]32C)c(O[Si](C)(C)C(C)(C)C)c1. The molecule has 3 saturated carbocycles. The number of fused-ring (bicyclic) bond motifs is 5. The number of aryl methyl sites for hydroxylation is 1. The zero-order valence-corrected chi connectivity index (χ0v) is 24.6. The molecule has 0 aliphatic heterocycles. The van der Waals surface area contributed by atoms with E-state index in [-0.39, 0.29) is 16.4 Å². The highest BCUT2D eigenvalue weighted by Gasteiger charge is 2.59. The van der Waals surface area contributed by atoms with Crippen LogP contribution in [0.15, 0.2) is 29.8 Å². The molecule has 0 radical (unpaired) electrons. The minimum atomic E-state index is -2.01. The lowest BCUT2D eigenvalue weighted by atomic mass is 9.45. The van der Waals surface area contributed by atoms with Crippen LogP contribution in [0.25, 0.3) is 0 Å². The first-order valence-corrected chi connectivity index (χ1v) is 17.2. The van der Waals surface area contributed by atoms with E-state index < -0.39 is 8.32 Å². The zero-order valence-electron chi connectivity index (χ0n) is 23.6. The summed E-state index contributed by atoms with van der Waals surface area (Å²) in [4.78, 5) is 13.2. The highest BCUT2D eigenvalue weighted by Crippen LogP contribution is 2.67. The Balaban J connectivity index is 1.60. The number of rotatable bonds is 3. The van der Waals surface area contributed by atoms with Crippen molar-refractivity contribution in [1.29, 1.82) is 0 Å². The van der Waals surface area contributed by atoms with Gasteiger partial charge in [-0.1, -0.05) is 64.8 Å². The van der Waals surface area contributed by atoms with Gasteiger partial charge in [-0.2, -0.15) is 0 Å². The van der Waals surface area contributed by atoms with Crippen LogP contribution in [-0.4, -0.2) is 14.1 Å². The summed E-state index contributed by atoms with van der Waals surface area (Å²) in [6.07, 6.45) is 12.0. The number of Topliss-reactive ketones (excluding diaryl/α,β-unsaturated/α-hetero) is 1. The second-order valence-corrected chi connectivity index (χ2v) is 19.3. The van der Waals surface area contributed by atoms with Crippen molar-refractivity contribution in [3.8, 4) is 5.75 Å². The second-order valence-electron chi connectivity index (χ2n) is 14.6. The maximum atomic E-state index is 13.2. The lowest BCUT2D eigenvalue weighted by Crippen LogP contribution is -2.52. The van der Waals surface area contributed by atoms with Gasteiger partial charge in [0.15, 0.2) is 0 Å². The molecule has 4 aliphatic rings. The minimum absolute atomic E-state index is 0.0571. The lowest BCUT2D eigenvalue weighted by molar-refractivity contribution is -0.123. The van der Waals surface area contributed by atoms with Crippen molar-refractivity contribution in [2.75, 3.05) is 0 Å². The first-order valence-electron chi connectivity index (χ1n) is 14.3. The van der Waals surface area contributed by atoms with Gasteiger partial charge in [-0.3, -0.25) is 4.79 Å². The average Bonchev–Trinajstić information content (AvgIpc) is 3.15. The smallest absolute Gasteiger partial charge is 0.250 e. The molecule has 1 aromatic rings. The molecule has 3 heteroatoms. The summed E-state index contributed by atoms with van der Waals surface area (Å²) in [7, 11) is -2.01. The van der Waals surface area contributed by atoms with Crippen molar-refractivity contribution in [3.05, 3.63) is 41.0 Å². The molecule has 0 spiro atoms. The van der Waals surface area contributed by atoms with Gasteiger partial charge in [-0.05, 0) is 103 Å². The van der Waals surface area contributed by atoms with Crippen LogP contribution < -0.4 is 4.43 Å². The Morgan fingerprint density at radius 1 is 1.06 bits per heavy atom. The highest BCUT2D eigenvalue weighted by atomic mass is 28.4. The molecule has 35 heavy (non-hydrogen) atoms. The Bertz CT molecular complexity index is 1050. The van der Waals surface area contributed by atoms with E-state index in [0.717, 1.165) is 17.6 Å². The van der Waals surface area contributed by atoms with E-state index in [1.54, 1.807) is 0 Å². The van der Waals surface area contributed by atoms with E-state index in [9.17, 15) is 4.79 Å². The molecule has 1 aromatic carbocycles. The summed E-state index contributed by atoms with van der Waals surface area (Å²) in [6.45, 7) is 18.9. The van der Waals surface area contributed by atoms with Crippen LogP contribution in [-0.2, 0) is 4.79 Å². The molecule has 3 fully saturated rings. The molecule has 0 amide bonds. The first-order chi connectivity index (χ1) is 16.3. The highest BCUT2D eigenvalue weighted by molar-refractivity contribution is 6.74. The summed E-state index contributed by atoms with van der Waals surface area (Å²) >= 11 is 0. The Labute approximate surface area is 215 Å². The number of carbonyl (C=O) groups excluding carboxylic acids is 1. The van der Waals surface area contributed by atoms with Crippen molar-refractivity contribution in [2.24, 2.45) is 28.6 Å². The summed E-state index contributed by atoms with van der Waals surface area (Å²) in [5.41, 5.74) is 4.58. The van der Waals surface area contributed by atoms with E-state index >= 15 is 0 Å². The van der Waals surface area contributed by atoms with Crippen molar-refractivity contribution in [1.82, 2.24) is 0 Å². The minimum Gasteiger partial charge on any atom is -0.543 e. The molecule has 0 saturated heterocycles. The van der Waals surface area contributed by atoms with Crippen molar-refractivity contribution in [2.45, 2.75) is 117 Å². The maximum Gasteiger partial charge on any atom is 0.250 e. The number of allylic oxidation sites excluding steroid dienone is 2. The quantitative estimate of drug-likeness (QED) is 0.311. The van der Waals surface area contributed by atoms with Gasteiger partial charge in [0.05, 0.1) is 0 Å². The topological polar surface area (TPSA) is 26.3 Å². The summed E-state index contributed by atoms with van der Waals surface area (Å²) in [5.74, 6) is 4.00. The van der Waals surface area contributed by atoms with Gasteiger partial charge in [0.1, 0.15) is 11.5 Å². The van der Waals surface area contributed by atoms with Crippen LogP contribution in [0.5, 0.6) is 5.75 Å². The number of benzene rings is 1. The fourth-order valence-corrected chi connectivity index (χ4v) is 9.47. The van der Waals surface area contributed by atoms with Gasteiger partial charge >= 0.3 is 0 Å². The molecule has 5 rings (SSSR count). The maximum absolute atomic E-state index is 13.2. The average molecular weight is 493 g/mol. The molecule has 0 bridgehead atoms. The third-order valence-electron chi connectivity index (χ3n) is 11.6. The van der Waals surface area contributed by atoms with Crippen LogP contribution in [0.2, 0.25) is 18.1 Å². The predicted octanol–water partition coefficient (Wildman–Crippen LogP) is 8.99. The zero-order chi connectivity index (χ0) is 25.4. The Morgan fingerprint density at radius 3 is 2.51 bits per heavy atom. The standard InChI is InChI=1S/C32H48O2Si/c1-21-11-13-25(29(18-21)34-35(7,8)30(2,3)4)28-20-23(33)19-22-12-14-24-26-10-9-16-31(26,5)17-15-27(24)32(22,28)6/h11-13,18,24,26-28H,9-10,14-17,19-20H2,1-8H3/t24-,26-,27-,28?,31-,32-/m0/s1. The van der Waals surface area contributed by atoms with Gasteiger partial charge in [0.25, 0.3) is 0 Å². The summed E-state index contributed by atoms with van der Waals surface area (Å²) in [6, 6.07) is 6.82. The van der Waals surface area contributed by atoms with Crippen LogP contribution in [0.4, 0.5) is 0 Å². The molecule has 1 unspecified atom stereocenters. The van der Waals surface area contributed by atoms with Crippen LogP contribution in [0.1, 0.15) is 103 Å². The van der Waals surface area contributed by atoms with Gasteiger partial charge in [-0.25, -0.2) is 0 Å². The Morgan fingerprint density at radius 2 is 1.80 bits per heavy atom. The molecule has 4 aliphatic carbocycles. The van der Waals surface area contributed by atoms with E-state index in [2.05, 4.69) is 78.9 Å². The third-order valence-corrected chi connectivity index (χ3v) is 15.9. The van der Waals surface area contributed by atoms with Gasteiger partial charge in [0.2, 0.25) is 8.32 Å². The molecule has 2 nitrogen and oxygen atoms in total. The van der Waals surface area contributed by atoms with Crippen molar-refractivity contribution < 1.29 is 9.22 Å². The predicted molar refractivity (Wildman–Crippen MR) is 148 cm³/mol. The monoisotopic (exact) mass is 492 g/mol. The van der Waals surface area contributed by atoms with Gasteiger partial charge < -0.3 is 4.43 Å². The molecule has 6 atom stereocenters. The summed E-state index contributed by atoms with van der Waals surface area (Å²) in [5, 5.41) is 0.137. The van der Waals surface area contributed by atoms with Gasteiger partial charge in [0, 0.05) is 18.8 Å². The molecular weight excluding hydrogens is 444 g/mol. The fourth-order valence-electron chi connectivity index (χ4n) is 8.44. The number of carbonyl (C=O) groups is 1. The fraction of sp³-hybridized carbons (Fsp3) is 0.719. The Hall–Kier alpha value is -1.35. The van der Waals surface area contributed by atoms with Crippen molar-refractivity contribution in [3.63, 3.8) is 0 Å². The number of ketones is 1. The van der Waals surface area contributed by atoms with Crippen molar-refractivity contribution >= 4 is 14.1 Å². The number of hydrogen-bond donors (Lipinski definition) is 0. The van der Waals surface area contributed by atoms with E-state index in [1.165, 1.54) is 55.2 Å². The Kier molecular flexibility index (Phi) is 6.02. The molecule has 0 heterocycles. The van der Waals surface area contributed by atoms with Crippen LogP contribution in [0.3, 0.4) is 0 Å².